The van der Waals surface area contributed by atoms with Crippen LogP contribution in [0.15, 0.2) is 40.2 Å². The lowest BCUT2D eigenvalue weighted by atomic mass is 10.2. The average Bonchev–Trinajstić information content (AvgIpc) is 2.90. The van der Waals surface area contributed by atoms with Crippen molar-refractivity contribution in [3.05, 3.63) is 40.8 Å². The summed E-state index contributed by atoms with van der Waals surface area (Å²) in [4.78, 5) is 20.6. The predicted molar refractivity (Wildman–Crippen MR) is 94.5 cm³/mol. The molecule has 1 aromatic carbocycles. The van der Waals surface area contributed by atoms with E-state index in [1.807, 2.05) is 32.2 Å². The summed E-state index contributed by atoms with van der Waals surface area (Å²) < 4.78 is 2.55. The lowest BCUT2D eigenvalue weighted by Crippen LogP contribution is -2.14. The van der Waals surface area contributed by atoms with Crippen LogP contribution in [0.1, 0.15) is 5.56 Å². The van der Waals surface area contributed by atoms with Crippen molar-refractivity contribution < 1.29 is 4.79 Å². The number of fused-ring (bicyclic) bond motifs is 1. The lowest BCUT2D eigenvalue weighted by molar-refractivity contribution is -0.113. The van der Waals surface area contributed by atoms with Crippen LogP contribution in [0.3, 0.4) is 0 Å². The van der Waals surface area contributed by atoms with Gasteiger partial charge in [0.05, 0.1) is 23.0 Å². The second kappa shape index (κ2) is 6.67. The molecule has 0 radical (unpaired) electrons. The number of nitrogens with one attached hydrogen (secondary N) is 1. The predicted octanol–water partition coefficient (Wildman–Crippen LogP) is 3.17. The maximum atomic E-state index is 12.1. The Balaban J connectivity index is 1.68. The Bertz CT molecular complexity index is 879. The van der Waals surface area contributed by atoms with Crippen LogP contribution in [-0.2, 0) is 11.8 Å². The molecule has 118 valence electrons. The third-order valence-corrected chi connectivity index (χ3v) is 4.89. The fourth-order valence-electron chi connectivity index (χ4n) is 2.10. The lowest BCUT2D eigenvalue weighted by Gasteiger charge is -2.08. The van der Waals surface area contributed by atoms with E-state index in [1.165, 1.54) is 18.1 Å². The summed E-state index contributed by atoms with van der Waals surface area (Å²) in [5, 5.41) is 8.66. The molecule has 0 saturated heterocycles. The summed E-state index contributed by atoms with van der Waals surface area (Å²) in [6, 6.07) is 5.80. The highest BCUT2D eigenvalue weighted by molar-refractivity contribution is 9.10. The van der Waals surface area contributed by atoms with Gasteiger partial charge in [0.15, 0.2) is 5.65 Å². The standard InChI is InChI=1S/C15H14BrN5OS/c1-9-3-4-12(11(16)5-9)20-13(22)7-23-15-10-6-19-21(2)14(10)17-8-18-15/h3-6,8H,7H2,1-2H3,(H,20,22). The summed E-state index contributed by atoms with van der Waals surface area (Å²) in [6.45, 7) is 2.00. The number of hydrogen-bond acceptors (Lipinski definition) is 5. The van der Waals surface area contributed by atoms with Crippen molar-refractivity contribution >= 4 is 50.3 Å². The van der Waals surface area contributed by atoms with Crippen LogP contribution in [0.2, 0.25) is 0 Å². The Morgan fingerprint density at radius 3 is 3.00 bits per heavy atom. The van der Waals surface area contributed by atoms with Gasteiger partial charge in [0.2, 0.25) is 5.91 Å². The van der Waals surface area contributed by atoms with Crippen molar-refractivity contribution in [1.82, 2.24) is 19.7 Å². The number of benzene rings is 1. The van der Waals surface area contributed by atoms with E-state index in [9.17, 15) is 4.79 Å². The molecule has 3 aromatic rings. The first-order valence-corrected chi connectivity index (χ1v) is 8.64. The number of hydrogen-bond donors (Lipinski definition) is 1. The number of anilines is 1. The second-order valence-electron chi connectivity index (χ2n) is 5.00. The first-order chi connectivity index (χ1) is 11.0. The number of nitrogens with zero attached hydrogens (tertiary/aromatic N) is 4. The molecule has 3 rings (SSSR count). The Hall–Kier alpha value is -1.93. The smallest absolute Gasteiger partial charge is 0.234 e. The minimum absolute atomic E-state index is 0.0878. The molecule has 0 unspecified atom stereocenters. The molecule has 0 aliphatic rings. The van der Waals surface area contributed by atoms with Crippen LogP contribution >= 0.6 is 27.7 Å². The summed E-state index contributed by atoms with van der Waals surface area (Å²) in [7, 11) is 1.82. The molecule has 23 heavy (non-hydrogen) atoms. The second-order valence-corrected chi connectivity index (χ2v) is 6.82. The van der Waals surface area contributed by atoms with Gasteiger partial charge in [-0.1, -0.05) is 17.8 Å². The van der Waals surface area contributed by atoms with Gasteiger partial charge in [-0.05, 0) is 40.5 Å². The van der Waals surface area contributed by atoms with Crippen LogP contribution in [0, 0.1) is 6.92 Å². The Kier molecular flexibility index (Phi) is 4.63. The minimum atomic E-state index is -0.0878. The van der Waals surface area contributed by atoms with E-state index in [1.54, 1.807) is 10.9 Å². The van der Waals surface area contributed by atoms with Crippen molar-refractivity contribution in [2.75, 3.05) is 11.1 Å². The third kappa shape index (κ3) is 3.53. The van der Waals surface area contributed by atoms with E-state index in [0.29, 0.717) is 0 Å². The highest BCUT2D eigenvalue weighted by atomic mass is 79.9. The first-order valence-electron chi connectivity index (χ1n) is 6.86. The van der Waals surface area contributed by atoms with Gasteiger partial charge in [-0.3, -0.25) is 9.48 Å². The quantitative estimate of drug-likeness (QED) is 0.546. The van der Waals surface area contributed by atoms with Gasteiger partial charge in [-0.2, -0.15) is 5.10 Å². The van der Waals surface area contributed by atoms with Crippen LogP contribution in [-0.4, -0.2) is 31.4 Å². The van der Waals surface area contributed by atoms with Gasteiger partial charge < -0.3 is 5.32 Å². The van der Waals surface area contributed by atoms with E-state index >= 15 is 0 Å². The molecular formula is C15H14BrN5OS. The van der Waals surface area contributed by atoms with Crippen molar-refractivity contribution in [1.29, 1.82) is 0 Å². The van der Waals surface area contributed by atoms with Crippen molar-refractivity contribution in [3.8, 4) is 0 Å². The Morgan fingerprint density at radius 2 is 2.22 bits per heavy atom. The molecule has 0 atom stereocenters. The Morgan fingerprint density at radius 1 is 1.39 bits per heavy atom. The number of carbonyl (C=O) groups is 1. The normalized spacial score (nSPS) is 10.9. The molecule has 0 aliphatic heterocycles. The van der Waals surface area contributed by atoms with Crippen LogP contribution < -0.4 is 5.32 Å². The van der Waals surface area contributed by atoms with Crippen LogP contribution in [0.5, 0.6) is 0 Å². The summed E-state index contributed by atoms with van der Waals surface area (Å²) in [6.07, 6.45) is 3.20. The van der Waals surface area contributed by atoms with Crippen LogP contribution in [0.25, 0.3) is 11.0 Å². The molecule has 2 heterocycles. The van der Waals surface area contributed by atoms with Gasteiger partial charge in [0, 0.05) is 11.5 Å². The van der Waals surface area contributed by atoms with Gasteiger partial charge in [-0.25, -0.2) is 9.97 Å². The third-order valence-electron chi connectivity index (χ3n) is 3.23. The monoisotopic (exact) mass is 391 g/mol. The van der Waals surface area contributed by atoms with E-state index in [2.05, 4.69) is 36.3 Å². The van der Waals surface area contributed by atoms with Gasteiger partial charge in [0.25, 0.3) is 0 Å². The van der Waals surface area contributed by atoms with Gasteiger partial charge >= 0.3 is 0 Å². The molecule has 0 saturated carbocycles. The van der Waals surface area contributed by atoms with Crippen LogP contribution in [0.4, 0.5) is 5.69 Å². The zero-order chi connectivity index (χ0) is 16.4. The number of carbonyl (C=O) groups excluding carboxylic acids is 1. The fourth-order valence-corrected chi connectivity index (χ4v) is 3.45. The molecule has 0 fully saturated rings. The molecule has 1 N–H and O–H groups in total. The molecule has 8 heteroatoms. The zero-order valence-electron chi connectivity index (χ0n) is 12.6. The number of rotatable bonds is 4. The molecule has 0 spiro atoms. The van der Waals surface area contributed by atoms with Gasteiger partial charge in [0.1, 0.15) is 11.4 Å². The van der Waals surface area contributed by atoms with Crippen molar-refractivity contribution in [3.63, 3.8) is 0 Å². The molecular weight excluding hydrogens is 378 g/mol. The van der Waals surface area contributed by atoms with Crippen molar-refractivity contribution in [2.24, 2.45) is 7.05 Å². The SMILES string of the molecule is Cc1ccc(NC(=O)CSc2ncnc3c2cnn3C)c(Br)c1. The fraction of sp³-hybridized carbons (Fsp3) is 0.200. The summed E-state index contributed by atoms with van der Waals surface area (Å²) >= 11 is 4.82. The van der Waals surface area contributed by atoms with E-state index in [4.69, 9.17) is 0 Å². The topological polar surface area (TPSA) is 72.7 Å². The van der Waals surface area contributed by atoms with E-state index in [-0.39, 0.29) is 11.7 Å². The average molecular weight is 392 g/mol. The maximum Gasteiger partial charge on any atom is 0.234 e. The highest BCUT2D eigenvalue weighted by Crippen LogP contribution is 2.26. The van der Waals surface area contributed by atoms with E-state index in [0.717, 1.165) is 31.8 Å². The number of aromatic nitrogens is 4. The molecule has 6 nitrogen and oxygen atoms in total. The summed E-state index contributed by atoms with van der Waals surface area (Å²) in [5.41, 5.74) is 2.64. The molecule has 0 aliphatic carbocycles. The van der Waals surface area contributed by atoms with Gasteiger partial charge in [-0.15, -0.1) is 0 Å². The zero-order valence-corrected chi connectivity index (χ0v) is 15.0. The molecule has 0 bridgehead atoms. The number of aryl methyl sites for hydroxylation is 2. The van der Waals surface area contributed by atoms with E-state index < -0.39 is 0 Å². The number of halogens is 1. The first kappa shape index (κ1) is 15.9. The van der Waals surface area contributed by atoms with Crippen molar-refractivity contribution in [2.45, 2.75) is 11.9 Å². The maximum absolute atomic E-state index is 12.1. The summed E-state index contributed by atoms with van der Waals surface area (Å²) in [5.74, 6) is 0.177. The molecule has 2 aromatic heterocycles. The number of thioether (sulfide) groups is 1. The Labute approximate surface area is 145 Å². The largest absolute Gasteiger partial charge is 0.324 e. The highest BCUT2D eigenvalue weighted by Gasteiger charge is 2.11. The molecule has 1 amide bonds. The number of amides is 1. The minimum Gasteiger partial charge on any atom is -0.324 e.